The number of aromatic amines is 1. The van der Waals surface area contributed by atoms with Gasteiger partial charge in [0.2, 0.25) is 17.1 Å². The van der Waals surface area contributed by atoms with Gasteiger partial charge in [-0.1, -0.05) is 6.92 Å². The van der Waals surface area contributed by atoms with Crippen LogP contribution in [0.1, 0.15) is 44.9 Å². The van der Waals surface area contributed by atoms with Crippen molar-refractivity contribution in [3.05, 3.63) is 11.1 Å². The third kappa shape index (κ3) is 3.41. The number of nitrogens with one attached hydrogen (secondary N) is 1. The van der Waals surface area contributed by atoms with Gasteiger partial charge in [0.15, 0.2) is 0 Å². The molecule has 132 valence electrons. The number of piperidine rings is 1. The topological polar surface area (TPSA) is 82.2 Å². The molecule has 0 radical (unpaired) electrons. The first-order valence-corrected chi connectivity index (χ1v) is 9.06. The second-order valence-corrected chi connectivity index (χ2v) is 7.13. The van der Waals surface area contributed by atoms with Crippen LogP contribution >= 0.6 is 11.6 Å². The number of likely N-dealkylation sites (tertiary alicyclic amines) is 2. The summed E-state index contributed by atoms with van der Waals surface area (Å²) in [6.45, 7) is 4.99. The molecule has 3 heterocycles. The predicted molar refractivity (Wildman–Crippen MR) is 89.4 cm³/mol. The van der Waals surface area contributed by atoms with Crippen LogP contribution in [-0.4, -0.2) is 63.0 Å². The molecule has 0 aliphatic carbocycles. The fourth-order valence-corrected chi connectivity index (χ4v) is 4.01. The van der Waals surface area contributed by atoms with Gasteiger partial charge in [-0.3, -0.25) is 14.7 Å². The van der Waals surface area contributed by atoms with Crippen LogP contribution in [0.15, 0.2) is 0 Å². The number of aryl methyl sites for hydroxylation is 1. The predicted octanol–water partition coefficient (Wildman–Crippen LogP) is 1.64. The SMILES string of the molecule is CCCN1CCC[C@@]2(CCN(C(=O)CCc3nc(Cl)n[nH]3)C2)C1=O. The number of H-pyrrole nitrogens is 1. The molecule has 1 aromatic rings. The molecule has 8 heteroatoms. The van der Waals surface area contributed by atoms with Crippen LogP contribution in [0.25, 0.3) is 0 Å². The van der Waals surface area contributed by atoms with Crippen LogP contribution < -0.4 is 0 Å². The van der Waals surface area contributed by atoms with E-state index in [0.717, 1.165) is 38.8 Å². The molecule has 2 fully saturated rings. The Bertz CT molecular complexity index is 617. The zero-order valence-electron chi connectivity index (χ0n) is 14.1. The first-order chi connectivity index (χ1) is 11.5. The molecule has 24 heavy (non-hydrogen) atoms. The van der Waals surface area contributed by atoms with Gasteiger partial charge in [0, 0.05) is 39.0 Å². The number of carbonyl (C=O) groups is 2. The van der Waals surface area contributed by atoms with E-state index in [1.807, 2.05) is 9.80 Å². The number of hydrogen-bond acceptors (Lipinski definition) is 4. The lowest BCUT2D eigenvalue weighted by molar-refractivity contribution is -0.146. The first-order valence-electron chi connectivity index (χ1n) is 8.68. The van der Waals surface area contributed by atoms with E-state index in [0.29, 0.717) is 31.8 Å². The summed E-state index contributed by atoms with van der Waals surface area (Å²) in [6.07, 6.45) is 4.53. The number of rotatable bonds is 5. The van der Waals surface area contributed by atoms with E-state index >= 15 is 0 Å². The molecule has 1 aromatic heterocycles. The molecule has 3 rings (SSSR count). The minimum absolute atomic E-state index is 0.0693. The van der Waals surface area contributed by atoms with Crippen LogP contribution in [0.3, 0.4) is 0 Å². The van der Waals surface area contributed by atoms with E-state index < -0.39 is 0 Å². The maximum atomic E-state index is 12.8. The van der Waals surface area contributed by atoms with Crippen molar-refractivity contribution in [2.45, 2.75) is 45.4 Å². The number of nitrogens with zero attached hydrogens (tertiary/aromatic N) is 4. The van der Waals surface area contributed by atoms with Gasteiger partial charge in [-0.15, -0.1) is 5.10 Å². The number of hydrogen-bond donors (Lipinski definition) is 1. The largest absolute Gasteiger partial charge is 0.342 e. The minimum atomic E-state index is -0.349. The highest BCUT2D eigenvalue weighted by atomic mass is 35.5. The van der Waals surface area contributed by atoms with Gasteiger partial charge >= 0.3 is 0 Å². The smallest absolute Gasteiger partial charge is 0.242 e. The molecule has 0 unspecified atom stereocenters. The highest BCUT2D eigenvalue weighted by molar-refractivity contribution is 6.28. The van der Waals surface area contributed by atoms with E-state index in [-0.39, 0.29) is 22.5 Å². The first kappa shape index (κ1) is 17.2. The van der Waals surface area contributed by atoms with E-state index in [4.69, 9.17) is 11.6 Å². The third-order valence-corrected chi connectivity index (χ3v) is 5.27. The second-order valence-electron chi connectivity index (χ2n) is 6.79. The Morgan fingerprint density at radius 2 is 2.21 bits per heavy atom. The lowest BCUT2D eigenvalue weighted by Crippen LogP contribution is -2.50. The quantitative estimate of drug-likeness (QED) is 0.872. The van der Waals surface area contributed by atoms with Gasteiger partial charge in [-0.05, 0) is 37.3 Å². The normalized spacial score (nSPS) is 24.2. The maximum Gasteiger partial charge on any atom is 0.242 e. The maximum absolute atomic E-state index is 12.8. The summed E-state index contributed by atoms with van der Waals surface area (Å²) in [5.41, 5.74) is -0.349. The van der Waals surface area contributed by atoms with Crippen LogP contribution in [0.4, 0.5) is 0 Å². The Kier molecular flexibility index (Phi) is 5.08. The van der Waals surface area contributed by atoms with Crippen molar-refractivity contribution in [1.29, 1.82) is 0 Å². The zero-order valence-corrected chi connectivity index (χ0v) is 14.8. The van der Waals surface area contributed by atoms with Crippen LogP contribution in [0.2, 0.25) is 5.28 Å². The van der Waals surface area contributed by atoms with Gasteiger partial charge < -0.3 is 9.80 Å². The van der Waals surface area contributed by atoms with Crippen LogP contribution in [0, 0.1) is 5.41 Å². The molecule has 2 aliphatic heterocycles. The molecule has 1 spiro atoms. The summed E-state index contributed by atoms with van der Waals surface area (Å²) in [5.74, 6) is 0.929. The number of amides is 2. The van der Waals surface area contributed by atoms with E-state index in [1.165, 1.54) is 0 Å². The lowest BCUT2D eigenvalue weighted by Gasteiger charge is -2.39. The molecule has 2 aliphatic rings. The van der Waals surface area contributed by atoms with Crippen molar-refractivity contribution in [2.75, 3.05) is 26.2 Å². The van der Waals surface area contributed by atoms with Crippen molar-refractivity contribution in [1.82, 2.24) is 25.0 Å². The Morgan fingerprint density at radius 1 is 1.38 bits per heavy atom. The summed E-state index contributed by atoms with van der Waals surface area (Å²) in [4.78, 5) is 33.1. The zero-order chi connectivity index (χ0) is 17.2. The number of halogens is 1. The second kappa shape index (κ2) is 7.09. The van der Waals surface area contributed by atoms with Gasteiger partial charge in [0.1, 0.15) is 5.82 Å². The third-order valence-electron chi connectivity index (χ3n) is 5.10. The Labute approximate surface area is 146 Å². The minimum Gasteiger partial charge on any atom is -0.342 e. The van der Waals surface area contributed by atoms with E-state index in [1.54, 1.807) is 0 Å². The summed E-state index contributed by atoms with van der Waals surface area (Å²) in [6, 6.07) is 0. The Hall–Kier alpha value is -1.63. The van der Waals surface area contributed by atoms with Crippen LogP contribution in [0.5, 0.6) is 0 Å². The molecule has 7 nitrogen and oxygen atoms in total. The van der Waals surface area contributed by atoms with Gasteiger partial charge in [-0.2, -0.15) is 0 Å². The number of carbonyl (C=O) groups excluding carboxylic acids is 2. The average Bonchev–Trinajstić information content (AvgIpc) is 3.17. The van der Waals surface area contributed by atoms with E-state index in [2.05, 4.69) is 22.1 Å². The molecule has 0 saturated carbocycles. The summed E-state index contributed by atoms with van der Waals surface area (Å²) in [7, 11) is 0. The molecule has 2 amide bonds. The van der Waals surface area contributed by atoms with Crippen LogP contribution in [-0.2, 0) is 16.0 Å². The standard InChI is InChI=1S/C16H24ClN5O2/c1-2-8-21-9-3-6-16(14(21)24)7-10-22(11-16)13(23)5-4-12-18-15(17)20-19-12/h2-11H2,1H3,(H,18,19,20)/t16-/m0/s1. The lowest BCUT2D eigenvalue weighted by atomic mass is 9.78. The van der Waals surface area contributed by atoms with Crippen molar-refractivity contribution >= 4 is 23.4 Å². The molecule has 0 aromatic carbocycles. The Balaban J connectivity index is 1.57. The summed E-state index contributed by atoms with van der Waals surface area (Å²) < 4.78 is 0. The van der Waals surface area contributed by atoms with Gasteiger partial charge in [0.25, 0.3) is 0 Å². The summed E-state index contributed by atoms with van der Waals surface area (Å²) >= 11 is 5.66. The fourth-order valence-electron chi connectivity index (χ4n) is 3.87. The van der Waals surface area contributed by atoms with Crippen molar-refractivity contribution < 1.29 is 9.59 Å². The average molecular weight is 354 g/mol. The fraction of sp³-hybridized carbons (Fsp3) is 0.750. The number of aromatic nitrogens is 3. The van der Waals surface area contributed by atoms with Gasteiger partial charge in [-0.25, -0.2) is 4.98 Å². The molecular weight excluding hydrogens is 330 g/mol. The van der Waals surface area contributed by atoms with Gasteiger partial charge in [0.05, 0.1) is 5.41 Å². The van der Waals surface area contributed by atoms with Crippen molar-refractivity contribution in [3.63, 3.8) is 0 Å². The highest BCUT2D eigenvalue weighted by Gasteiger charge is 2.48. The molecule has 2 saturated heterocycles. The van der Waals surface area contributed by atoms with E-state index in [9.17, 15) is 9.59 Å². The highest BCUT2D eigenvalue weighted by Crippen LogP contribution is 2.40. The molecule has 0 bridgehead atoms. The Morgan fingerprint density at radius 3 is 2.92 bits per heavy atom. The van der Waals surface area contributed by atoms with Crippen molar-refractivity contribution in [3.8, 4) is 0 Å². The molecule has 1 atom stereocenters. The van der Waals surface area contributed by atoms with Crippen molar-refractivity contribution in [2.24, 2.45) is 5.41 Å². The summed E-state index contributed by atoms with van der Waals surface area (Å²) in [5, 5.41) is 6.63. The molecular formula is C16H24ClN5O2. The monoisotopic (exact) mass is 353 g/mol. The molecule has 1 N–H and O–H groups in total.